The Balaban J connectivity index is 2.47. The summed E-state index contributed by atoms with van der Waals surface area (Å²) in [6, 6.07) is 7.42. The molecule has 0 radical (unpaired) electrons. The molecule has 0 N–H and O–H groups in total. The summed E-state index contributed by atoms with van der Waals surface area (Å²) in [5.74, 6) is 0.501. The first-order valence-corrected chi connectivity index (χ1v) is 6.20. The van der Waals surface area contributed by atoms with Crippen molar-refractivity contribution >= 4 is 50.4 Å². The number of Topliss-reactive ketones (excluding diaryl/α,β-unsaturated/α-hetero) is 1. The summed E-state index contributed by atoms with van der Waals surface area (Å²) < 4.78 is 6.12. The van der Waals surface area contributed by atoms with Gasteiger partial charge in [0.2, 0.25) is 5.78 Å². The minimum absolute atomic E-state index is 0.261. The molecule has 1 aromatic heterocycles. The number of thiophene rings is 1. The van der Waals surface area contributed by atoms with Gasteiger partial charge in [-0.2, -0.15) is 0 Å². The van der Waals surface area contributed by atoms with Gasteiger partial charge in [-0.25, -0.2) is 0 Å². The molecule has 0 amide bonds. The van der Waals surface area contributed by atoms with Gasteiger partial charge in [0.05, 0.1) is 12.0 Å². The molecule has 0 spiro atoms. The lowest BCUT2D eigenvalue weighted by Crippen LogP contribution is -2.05. The summed E-state index contributed by atoms with van der Waals surface area (Å²) >= 11 is 12.5. The van der Waals surface area contributed by atoms with E-state index in [2.05, 4.69) is 0 Å². The summed E-state index contributed by atoms with van der Waals surface area (Å²) in [5, 5.41) is 0.960. The van der Waals surface area contributed by atoms with Crippen LogP contribution >= 0.6 is 34.5 Å². The zero-order valence-corrected chi connectivity index (χ0v) is 10.7. The number of fused-ring (bicyclic) bond motifs is 1. The van der Waals surface area contributed by atoms with Gasteiger partial charge >= 0.3 is 0 Å². The third-order valence-electron chi connectivity index (χ3n) is 2.16. The Morgan fingerprint density at radius 3 is 2.75 bits per heavy atom. The third kappa shape index (κ3) is 2.17. The van der Waals surface area contributed by atoms with Crippen molar-refractivity contribution in [3.05, 3.63) is 29.1 Å². The van der Waals surface area contributed by atoms with Gasteiger partial charge in [-0.3, -0.25) is 4.79 Å². The van der Waals surface area contributed by atoms with Crippen LogP contribution in [0.5, 0.6) is 5.75 Å². The molecule has 2 rings (SSSR count). The predicted octanol–water partition coefficient (Wildman–Crippen LogP) is 3.90. The van der Waals surface area contributed by atoms with E-state index in [0.717, 1.165) is 15.8 Å². The van der Waals surface area contributed by atoms with Crippen molar-refractivity contribution in [2.24, 2.45) is 0 Å². The lowest BCUT2D eigenvalue weighted by atomic mass is 10.2. The number of alkyl halides is 2. The molecule has 0 unspecified atom stereocenters. The lowest BCUT2D eigenvalue weighted by molar-refractivity contribution is 0.101. The first kappa shape index (κ1) is 11.7. The van der Waals surface area contributed by atoms with Gasteiger partial charge in [-0.15, -0.1) is 11.3 Å². The monoisotopic (exact) mass is 274 g/mol. The molecule has 0 saturated heterocycles. The van der Waals surface area contributed by atoms with Gasteiger partial charge in [-0.1, -0.05) is 23.2 Å². The Bertz CT molecular complexity index is 534. The van der Waals surface area contributed by atoms with Crippen molar-refractivity contribution in [1.82, 2.24) is 0 Å². The van der Waals surface area contributed by atoms with Gasteiger partial charge in [0.25, 0.3) is 0 Å². The summed E-state index contributed by atoms with van der Waals surface area (Å²) in [6.07, 6.45) is 0. The fourth-order valence-corrected chi connectivity index (χ4v) is 2.75. The van der Waals surface area contributed by atoms with E-state index < -0.39 is 4.84 Å². The number of ketones is 1. The Morgan fingerprint density at radius 1 is 1.38 bits per heavy atom. The van der Waals surface area contributed by atoms with E-state index in [4.69, 9.17) is 27.9 Å². The standard InChI is InChI=1S/C11H8Cl2O2S/c1-15-7-2-3-8-6(4-7)5-9(16-8)10(14)11(12)13/h2-5,11H,1H3. The number of hydrogen-bond acceptors (Lipinski definition) is 3. The van der Waals surface area contributed by atoms with E-state index in [0.29, 0.717) is 4.88 Å². The third-order valence-corrected chi connectivity index (χ3v) is 3.69. The van der Waals surface area contributed by atoms with Crippen LogP contribution in [0.3, 0.4) is 0 Å². The molecule has 0 aliphatic heterocycles. The first-order chi connectivity index (χ1) is 7.61. The molecule has 0 fully saturated rings. The van der Waals surface area contributed by atoms with Crippen LogP contribution in [0.25, 0.3) is 10.1 Å². The van der Waals surface area contributed by atoms with Crippen LogP contribution in [-0.4, -0.2) is 17.7 Å². The minimum atomic E-state index is -1.00. The van der Waals surface area contributed by atoms with Crippen LogP contribution in [-0.2, 0) is 0 Å². The Kier molecular flexibility index (Phi) is 3.38. The van der Waals surface area contributed by atoms with E-state index in [9.17, 15) is 4.79 Å². The Morgan fingerprint density at radius 2 is 2.12 bits per heavy atom. The SMILES string of the molecule is COc1ccc2sc(C(=O)C(Cl)Cl)cc2c1. The average Bonchev–Trinajstić information content (AvgIpc) is 2.69. The largest absolute Gasteiger partial charge is 0.497 e. The second kappa shape index (κ2) is 4.62. The highest BCUT2D eigenvalue weighted by Crippen LogP contribution is 2.30. The lowest BCUT2D eigenvalue weighted by Gasteiger charge is -1.97. The number of halogens is 2. The normalized spacial score (nSPS) is 11.0. The van der Waals surface area contributed by atoms with Crippen molar-refractivity contribution < 1.29 is 9.53 Å². The van der Waals surface area contributed by atoms with E-state index >= 15 is 0 Å². The molecule has 0 saturated carbocycles. The molecule has 1 heterocycles. The molecule has 0 atom stereocenters. The zero-order valence-electron chi connectivity index (χ0n) is 8.37. The first-order valence-electron chi connectivity index (χ1n) is 4.52. The highest BCUT2D eigenvalue weighted by atomic mass is 35.5. The fourth-order valence-electron chi connectivity index (χ4n) is 1.38. The Labute approximate surface area is 107 Å². The summed E-state index contributed by atoms with van der Waals surface area (Å²) in [7, 11) is 1.60. The molecular formula is C11H8Cl2O2S. The molecule has 0 aliphatic carbocycles. The van der Waals surface area contributed by atoms with Crippen molar-refractivity contribution in [3.8, 4) is 5.75 Å². The highest BCUT2D eigenvalue weighted by molar-refractivity contribution is 7.21. The van der Waals surface area contributed by atoms with Crippen LogP contribution in [0.2, 0.25) is 0 Å². The molecule has 5 heteroatoms. The maximum absolute atomic E-state index is 11.6. The molecule has 0 bridgehead atoms. The van der Waals surface area contributed by atoms with E-state index in [1.54, 1.807) is 13.2 Å². The molecule has 2 aromatic rings. The van der Waals surface area contributed by atoms with Gasteiger partial charge in [0, 0.05) is 4.70 Å². The van der Waals surface area contributed by atoms with Crippen LogP contribution in [0.4, 0.5) is 0 Å². The number of carbonyl (C=O) groups is 1. The zero-order chi connectivity index (χ0) is 11.7. The van der Waals surface area contributed by atoms with Crippen LogP contribution < -0.4 is 4.74 Å². The number of ether oxygens (including phenoxy) is 1. The number of hydrogen-bond donors (Lipinski definition) is 0. The minimum Gasteiger partial charge on any atom is -0.497 e. The number of benzene rings is 1. The molecule has 0 aliphatic rings. The smallest absolute Gasteiger partial charge is 0.205 e. The predicted molar refractivity (Wildman–Crippen MR) is 68.2 cm³/mol. The summed E-state index contributed by atoms with van der Waals surface area (Å²) in [4.78, 5) is 11.1. The maximum atomic E-state index is 11.6. The van der Waals surface area contributed by atoms with Crippen molar-refractivity contribution in [2.75, 3.05) is 7.11 Å². The van der Waals surface area contributed by atoms with Crippen molar-refractivity contribution in [1.29, 1.82) is 0 Å². The molecular weight excluding hydrogens is 267 g/mol. The van der Waals surface area contributed by atoms with E-state index in [1.807, 2.05) is 18.2 Å². The second-order valence-corrected chi connectivity index (χ2v) is 5.36. The summed E-state index contributed by atoms with van der Waals surface area (Å²) in [6.45, 7) is 0. The number of rotatable bonds is 3. The second-order valence-electron chi connectivity index (χ2n) is 3.18. The van der Waals surface area contributed by atoms with Crippen LogP contribution in [0.15, 0.2) is 24.3 Å². The highest BCUT2D eigenvalue weighted by Gasteiger charge is 2.17. The molecule has 84 valence electrons. The van der Waals surface area contributed by atoms with Crippen LogP contribution in [0, 0.1) is 0 Å². The van der Waals surface area contributed by atoms with E-state index in [-0.39, 0.29) is 5.78 Å². The van der Waals surface area contributed by atoms with Gasteiger partial charge in [-0.05, 0) is 29.7 Å². The number of carbonyl (C=O) groups excluding carboxylic acids is 1. The van der Waals surface area contributed by atoms with Crippen molar-refractivity contribution in [3.63, 3.8) is 0 Å². The van der Waals surface area contributed by atoms with Gasteiger partial charge < -0.3 is 4.74 Å². The maximum Gasteiger partial charge on any atom is 0.205 e. The molecule has 1 aromatic carbocycles. The van der Waals surface area contributed by atoms with E-state index in [1.165, 1.54) is 11.3 Å². The fraction of sp³-hybridized carbons (Fsp3) is 0.182. The topological polar surface area (TPSA) is 26.3 Å². The van der Waals surface area contributed by atoms with Gasteiger partial charge in [0.1, 0.15) is 5.75 Å². The summed E-state index contributed by atoms with van der Waals surface area (Å²) in [5.41, 5.74) is 0. The molecule has 16 heavy (non-hydrogen) atoms. The number of methoxy groups -OCH3 is 1. The molecule has 2 nitrogen and oxygen atoms in total. The van der Waals surface area contributed by atoms with Crippen LogP contribution in [0.1, 0.15) is 9.67 Å². The Hall–Kier alpha value is -0.770. The van der Waals surface area contributed by atoms with Crippen molar-refractivity contribution in [2.45, 2.75) is 4.84 Å². The quantitative estimate of drug-likeness (QED) is 0.627. The average molecular weight is 275 g/mol. The van der Waals surface area contributed by atoms with Gasteiger partial charge in [0.15, 0.2) is 4.84 Å².